The summed E-state index contributed by atoms with van der Waals surface area (Å²) in [7, 11) is 0. The number of anilines is 1. The predicted molar refractivity (Wildman–Crippen MR) is 82.5 cm³/mol. The highest BCUT2D eigenvalue weighted by Gasteiger charge is 2.16. The van der Waals surface area contributed by atoms with Crippen LogP contribution in [0.15, 0.2) is 16.7 Å². The standard InChI is InChI=1S/C14H22BrN3O/c1-5-6-16-12-11(7-10(15)8-17-12)13(19)18-9-14(2,3)4/h7-8H,5-6,9H2,1-4H3,(H,16,17)(H,18,19). The first-order valence-corrected chi connectivity index (χ1v) is 7.30. The van der Waals surface area contributed by atoms with Gasteiger partial charge >= 0.3 is 0 Å². The molecule has 2 N–H and O–H groups in total. The molecule has 19 heavy (non-hydrogen) atoms. The lowest BCUT2D eigenvalue weighted by atomic mass is 9.97. The quantitative estimate of drug-likeness (QED) is 0.870. The van der Waals surface area contributed by atoms with Gasteiger partial charge in [0.2, 0.25) is 0 Å². The van der Waals surface area contributed by atoms with Gasteiger partial charge in [0.25, 0.3) is 5.91 Å². The summed E-state index contributed by atoms with van der Waals surface area (Å²) in [5.74, 6) is 0.541. The Morgan fingerprint density at radius 2 is 2.11 bits per heavy atom. The number of carbonyl (C=O) groups is 1. The van der Waals surface area contributed by atoms with Crippen LogP contribution in [0.25, 0.3) is 0 Å². The molecule has 4 nitrogen and oxygen atoms in total. The molecular weight excluding hydrogens is 306 g/mol. The number of aromatic nitrogens is 1. The minimum atomic E-state index is -0.0951. The summed E-state index contributed by atoms with van der Waals surface area (Å²) in [5.41, 5.74) is 0.638. The monoisotopic (exact) mass is 327 g/mol. The van der Waals surface area contributed by atoms with E-state index in [0.29, 0.717) is 17.9 Å². The third-order valence-corrected chi connectivity index (χ3v) is 2.85. The Balaban J connectivity index is 2.84. The molecule has 1 aromatic rings. The smallest absolute Gasteiger partial charge is 0.255 e. The third kappa shape index (κ3) is 5.59. The summed E-state index contributed by atoms with van der Waals surface area (Å²) in [4.78, 5) is 16.5. The molecule has 0 unspecified atom stereocenters. The normalized spacial score (nSPS) is 11.2. The van der Waals surface area contributed by atoms with Gasteiger partial charge in [-0.15, -0.1) is 0 Å². The van der Waals surface area contributed by atoms with Crippen LogP contribution in [0.4, 0.5) is 5.82 Å². The number of carbonyl (C=O) groups excluding carboxylic acids is 1. The van der Waals surface area contributed by atoms with Crippen LogP contribution in [0.2, 0.25) is 0 Å². The zero-order valence-corrected chi connectivity index (χ0v) is 13.6. The molecule has 0 bridgehead atoms. The molecule has 1 rings (SSSR count). The van der Waals surface area contributed by atoms with E-state index >= 15 is 0 Å². The van der Waals surface area contributed by atoms with Crippen LogP contribution in [-0.2, 0) is 0 Å². The predicted octanol–water partition coefficient (Wildman–Crippen LogP) is 3.44. The number of nitrogens with one attached hydrogen (secondary N) is 2. The van der Waals surface area contributed by atoms with Crippen LogP contribution in [0, 0.1) is 5.41 Å². The number of rotatable bonds is 5. The lowest BCUT2D eigenvalue weighted by molar-refractivity contribution is 0.0939. The van der Waals surface area contributed by atoms with E-state index in [-0.39, 0.29) is 11.3 Å². The van der Waals surface area contributed by atoms with E-state index in [1.807, 2.05) is 0 Å². The molecule has 5 heteroatoms. The minimum Gasteiger partial charge on any atom is -0.369 e. The van der Waals surface area contributed by atoms with Gasteiger partial charge < -0.3 is 10.6 Å². The summed E-state index contributed by atoms with van der Waals surface area (Å²) in [6.07, 6.45) is 2.68. The van der Waals surface area contributed by atoms with Crippen molar-refractivity contribution in [1.82, 2.24) is 10.3 Å². The van der Waals surface area contributed by atoms with Crippen LogP contribution >= 0.6 is 15.9 Å². The first-order chi connectivity index (χ1) is 8.83. The van der Waals surface area contributed by atoms with E-state index in [1.165, 1.54) is 0 Å². The number of amides is 1. The number of hydrogen-bond donors (Lipinski definition) is 2. The molecule has 0 aliphatic carbocycles. The highest BCUT2D eigenvalue weighted by Crippen LogP contribution is 2.19. The van der Waals surface area contributed by atoms with Gasteiger partial charge in [0.15, 0.2) is 0 Å². The summed E-state index contributed by atoms with van der Waals surface area (Å²) in [6, 6.07) is 1.79. The first-order valence-electron chi connectivity index (χ1n) is 6.51. The van der Waals surface area contributed by atoms with Crippen molar-refractivity contribution in [1.29, 1.82) is 0 Å². The van der Waals surface area contributed by atoms with Crippen LogP contribution in [-0.4, -0.2) is 24.0 Å². The maximum absolute atomic E-state index is 12.2. The summed E-state index contributed by atoms with van der Waals surface area (Å²) in [6.45, 7) is 9.76. The maximum atomic E-state index is 12.2. The minimum absolute atomic E-state index is 0.0616. The molecule has 0 radical (unpaired) electrons. The van der Waals surface area contributed by atoms with E-state index in [1.54, 1.807) is 12.3 Å². The second kappa shape index (κ2) is 6.89. The van der Waals surface area contributed by atoms with Gasteiger partial charge in [0.1, 0.15) is 5.82 Å². The van der Waals surface area contributed by atoms with Gasteiger partial charge in [-0.25, -0.2) is 4.98 Å². The summed E-state index contributed by atoms with van der Waals surface area (Å²) >= 11 is 3.35. The van der Waals surface area contributed by atoms with Crippen LogP contribution in [0.5, 0.6) is 0 Å². The fourth-order valence-corrected chi connectivity index (χ4v) is 1.77. The van der Waals surface area contributed by atoms with Crippen LogP contribution in [0.3, 0.4) is 0 Å². The average molecular weight is 328 g/mol. The van der Waals surface area contributed by atoms with Crippen molar-refractivity contribution < 1.29 is 4.79 Å². The number of halogens is 1. The number of nitrogens with zero attached hydrogens (tertiary/aromatic N) is 1. The van der Waals surface area contributed by atoms with E-state index < -0.39 is 0 Å². The van der Waals surface area contributed by atoms with Gasteiger partial charge in [0.05, 0.1) is 5.56 Å². The second-order valence-electron chi connectivity index (χ2n) is 5.72. The molecular formula is C14H22BrN3O. The Hall–Kier alpha value is -1.10. The third-order valence-electron chi connectivity index (χ3n) is 2.42. The topological polar surface area (TPSA) is 54.0 Å². The van der Waals surface area contributed by atoms with Crippen molar-refractivity contribution in [3.63, 3.8) is 0 Å². The molecule has 0 aromatic carbocycles. The van der Waals surface area contributed by atoms with Gasteiger partial charge in [-0.1, -0.05) is 27.7 Å². The fraction of sp³-hybridized carbons (Fsp3) is 0.571. The largest absolute Gasteiger partial charge is 0.369 e. The van der Waals surface area contributed by atoms with Crippen molar-refractivity contribution in [2.75, 3.05) is 18.4 Å². The summed E-state index contributed by atoms with van der Waals surface area (Å²) in [5, 5.41) is 6.12. The Morgan fingerprint density at radius 1 is 1.42 bits per heavy atom. The van der Waals surface area contributed by atoms with Crippen molar-refractivity contribution in [3.8, 4) is 0 Å². The van der Waals surface area contributed by atoms with Gasteiger partial charge in [-0.3, -0.25) is 4.79 Å². The molecule has 0 aliphatic rings. The van der Waals surface area contributed by atoms with Crippen molar-refractivity contribution in [2.45, 2.75) is 34.1 Å². The Kier molecular flexibility index (Phi) is 5.79. The lowest BCUT2D eigenvalue weighted by Gasteiger charge is -2.19. The van der Waals surface area contributed by atoms with E-state index in [9.17, 15) is 4.79 Å². The lowest BCUT2D eigenvalue weighted by Crippen LogP contribution is -2.32. The van der Waals surface area contributed by atoms with Crippen LogP contribution < -0.4 is 10.6 Å². The van der Waals surface area contributed by atoms with Gasteiger partial charge in [0, 0.05) is 23.8 Å². The molecule has 0 saturated carbocycles. The SMILES string of the molecule is CCCNc1ncc(Br)cc1C(=O)NCC(C)(C)C. The van der Waals surface area contributed by atoms with Gasteiger partial charge in [-0.2, -0.15) is 0 Å². The van der Waals surface area contributed by atoms with Crippen molar-refractivity contribution in [3.05, 3.63) is 22.3 Å². The molecule has 0 aliphatic heterocycles. The van der Waals surface area contributed by atoms with Gasteiger partial charge in [-0.05, 0) is 33.8 Å². The molecule has 0 spiro atoms. The molecule has 0 saturated heterocycles. The molecule has 1 amide bonds. The molecule has 1 heterocycles. The van der Waals surface area contributed by atoms with Crippen molar-refractivity contribution in [2.24, 2.45) is 5.41 Å². The number of hydrogen-bond acceptors (Lipinski definition) is 3. The highest BCUT2D eigenvalue weighted by atomic mass is 79.9. The Morgan fingerprint density at radius 3 is 2.68 bits per heavy atom. The fourth-order valence-electron chi connectivity index (χ4n) is 1.44. The highest BCUT2D eigenvalue weighted by molar-refractivity contribution is 9.10. The van der Waals surface area contributed by atoms with Crippen molar-refractivity contribution >= 4 is 27.7 Å². The van der Waals surface area contributed by atoms with Crippen LogP contribution in [0.1, 0.15) is 44.5 Å². The maximum Gasteiger partial charge on any atom is 0.255 e. The summed E-state index contributed by atoms with van der Waals surface area (Å²) < 4.78 is 0.801. The molecule has 1 aromatic heterocycles. The molecule has 106 valence electrons. The average Bonchev–Trinajstić information content (AvgIpc) is 2.33. The molecule has 0 atom stereocenters. The second-order valence-corrected chi connectivity index (χ2v) is 6.64. The molecule has 0 fully saturated rings. The van der Waals surface area contributed by atoms with E-state index in [4.69, 9.17) is 0 Å². The Bertz CT molecular complexity index is 441. The number of pyridine rings is 1. The zero-order valence-electron chi connectivity index (χ0n) is 12.0. The Labute approximate surface area is 123 Å². The van der Waals surface area contributed by atoms with E-state index in [2.05, 4.69) is 59.2 Å². The first kappa shape index (κ1) is 16.0. The zero-order chi connectivity index (χ0) is 14.5. The van der Waals surface area contributed by atoms with E-state index in [0.717, 1.165) is 17.4 Å².